The van der Waals surface area contributed by atoms with E-state index in [0.717, 1.165) is 13.0 Å². The molecule has 1 aromatic rings. The summed E-state index contributed by atoms with van der Waals surface area (Å²) in [6.07, 6.45) is 1.04. The molecule has 7 heteroatoms. The average Bonchev–Trinajstić information content (AvgIpc) is 2.84. The molecule has 82 valence electrons. The molecule has 1 fully saturated rings. The van der Waals surface area contributed by atoms with Gasteiger partial charge in [0.15, 0.2) is 5.82 Å². The first-order chi connectivity index (χ1) is 7.27. The van der Waals surface area contributed by atoms with Gasteiger partial charge in [0.25, 0.3) is 0 Å². The zero-order valence-corrected chi connectivity index (χ0v) is 8.53. The van der Waals surface area contributed by atoms with Gasteiger partial charge in [0.2, 0.25) is 5.91 Å². The van der Waals surface area contributed by atoms with E-state index in [2.05, 4.69) is 38.2 Å². The third kappa shape index (κ3) is 2.30. The van der Waals surface area contributed by atoms with E-state index in [9.17, 15) is 4.79 Å². The van der Waals surface area contributed by atoms with Gasteiger partial charge in [0, 0.05) is 0 Å². The van der Waals surface area contributed by atoms with Crippen LogP contribution in [0.25, 0.3) is 0 Å². The van der Waals surface area contributed by atoms with Crippen molar-refractivity contribution < 1.29 is 4.79 Å². The van der Waals surface area contributed by atoms with Gasteiger partial charge >= 0.3 is 0 Å². The molecule has 15 heavy (non-hydrogen) atoms. The number of hydrogen-bond acceptors (Lipinski definition) is 5. The van der Waals surface area contributed by atoms with Crippen LogP contribution in [0.3, 0.4) is 0 Å². The lowest BCUT2D eigenvalue weighted by molar-refractivity contribution is -0.123. The van der Waals surface area contributed by atoms with Gasteiger partial charge in [-0.05, 0) is 18.9 Å². The van der Waals surface area contributed by atoms with Gasteiger partial charge in [-0.2, -0.15) is 5.21 Å². The third-order valence-corrected chi connectivity index (χ3v) is 2.63. The van der Waals surface area contributed by atoms with Gasteiger partial charge in [0.05, 0.1) is 12.6 Å². The smallest absolute Gasteiger partial charge is 0.237 e. The highest BCUT2D eigenvalue weighted by Gasteiger charge is 2.28. The summed E-state index contributed by atoms with van der Waals surface area (Å²) in [6.45, 7) is 3.29. The maximum Gasteiger partial charge on any atom is 0.237 e. The predicted octanol–water partition coefficient (Wildman–Crippen LogP) is -1.19. The van der Waals surface area contributed by atoms with E-state index >= 15 is 0 Å². The summed E-state index contributed by atoms with van der Waals surface area (Å²) in [4.78, 5) is 11.7. The minimum absolute atomic E-state index is 0.00444. The summed E-state index contributed by atoms with van der Waals surface area (Å²) in [5.41, 5.74) is 0. The molecular weight excluding hydrogens is 196 g/mol. The van der Waals surface area contributed by atoms with E-state index in [4.69, 9.17) is 0 Å². The zero-order chi connectivity index (χ0) is 10.7. The highest BCUT2D eigenvalue weighted by molar-refractivity contribution is 5.82. The first kappa shape index (κ1) is 10.0. The van der Waals surface area contributed by atoms with Crippen molar-refractivity contribution in [2.75, 3.05) is 6.54 Å². The molecule has 3 N–H and O–H groups in total. The molecule has 7 nitrogen and oxygen atoms in total. The van der Waals surface area contributed by atoms with Gasteiger partial charge in [-0.3, -0.25) is 4.79 Å². The number of aromatic nitrogens is 4. The second-order valence-corrected chi connectivity index (χ2v) is 3.74. The van der Waals surface area contributed by atoms with Crippen molar-refractivity contribution in [1.29, 1.82) is 0 Å². The Morgan fingerprint density at radius 2 is 2.53 bits per heavy atom. The molecule has 2 atom stereocenters. The summed E-state index contributed by atoms with van der Waals surface area (Å²) in [6, 6.07) is -0.0862. The maximum absolute atomic E-state index is 11.7. The van der Waals surface area contributed by atoms with E-state index < -0.39 is 0 Å². The lowest BCUT2D eigenvalue weighted by Gasteiger charge is -2.14. The summed E-state index contributed by atoms with van der Waals surface area (Å²) in [7, 11) is 0. The van der Waals surface area contributed by atoms with Crippen molar-refractivity contribution in [2.24, 2.45) is 5.92 Å². The minimum atomic E-state index is -0.0862. The van der Waals surface area contributed by atoms with Crippen LogP contribution in [0, 0.1) is 5.92 Å². The Bertz CT molecular complexity index is 324. The molecule has 1 aliphatic rings. The highest BCUT2D eigenvalue weighted by Crippen LogP contribution is 2.14. The molecule has 2 rings (SSSR count). The van der Waals surface area contributed by atoms with Crippen molar-refractivity contribution in [1.82, 2.24) is 31.3 Å². The molecule has 2 heterocycles. The molecule has 0 bridgehead atoms. The monoisotopic (exact) mass is 210 g/mol. The molecule has 1 saturated heterocycles. The fraction of sp³-hybridized carbons (Fsp3) is 0.750. The van der Waals surface area contributed by atoms with Crippen LogP contribution in [0.15, 0.2) is 0 Å². The zero-order valence-electron chi connectivity index (χ0n) is 8.53. The Hall–Kier alpha value is -1.50. The number of nitrogens with zero attached hydrogens (tertiary/aromatic N) is 3. The number of carbonyl (C=O) groups excluding carboxylic acids is 1. The summed E-state index contributed by atoms with van der Waals surface area (Å²) < 4.78 is 0. The Morgan fingerprint density at radius 3 is 3.13 bits per heavy atom. The van der Waals surface area contributed by atoms with Gasteiger partial charge in [0.1, 0.15) is 0 Å². The topological polar surface area (TPSA) is 95.6 Å². The SMILES string of the molecule is CC1CCNC1C(=O)NCc1nn[nH]n1. The largest absolute Gasteiger partial charge is 0.347 e. The number of amides is 1. The van der Waals surface area contributed by atoms with Gasteiger partial charge in [-0.1, -0.05) is 12.1 Å². The lowest BCUT2D eigenvalue weighted by atomic mass is 10.0. The quantitative estimate of drug-likeness (QED) is 0.583. The molecule has 2 unspecified atom stereocenters. The van der Waals surface area contributed by atoms with Crippen molar-refractivity contribution in [3.63, 3.8) is 0 Å². The van der Waals surface area contributed by atoms with Crippen molar-refractivity contribution >= 4 is 5.91 Å². The van der Waals surface area contributed by atoms with Crippen molar-refractivity contribution in [2.45, 2.75) is 25.9 Å². The normalized spacial score (nSPS) is 25.4. The van der Waals surface area contributed by atoms with Crippen LogP contribution in [0.1, 0.15) is 19.2 Å². The molecule has 0 aliphatic carbocycles. The first-order valence-corrected chi connectivity index (χ1v) is 5.01. The van der Waals surface area contributed by atoms with Gasteiger partial charge < -0.3 is 10.6 Å². The van der Waals surface area contributed by atoms with Crippen LogP contribution in [-0.2, 0) is 11.3 Å². The van der Waals surface area contributed by atoms with Gasteiger partial charge in [-0.25, -0.2) is 0 Å². The van der Waals surface area contributed by atoms with E-state index in [0.29, 0.717) is 18.3 Å². The van der Waals surface area contributed by atoms with E-state index in [1.54, 1.807) is 0 Å². The standard InChI is InChI=1S/C8H14N6O/c1-5-2-3-9-7(5)8(15)10-4-6-11-13-14-12-6/h5,7,9H,2-4H2,1H3,(H,10,15)(H,11,12,13,14). The molecule has 1 aliphatic heterocycles. The second-order valence-electron chi connectivity index (χ2n) is 3.74. The number of hydrogen-bond donors (Lipinski definition) is 3. The molecule has 1 amide bonds. The Labute approximate surface area is 87.0 Å². The van der Waals surface area contributed by atoms with Crippen molar-refractivity contribution in [3.05, 3.63) is 5.82 Å². The second kappa shape index (κ2) is 4.35. The van der Waals surface area contributed by atoms with Gasteiger partial charge in [-0.15, -0.1) is 10.2 Å². The van der Waals surface area contributed by atoms with Crippen LogP contribution < -0.4 is 10.6 Å². The summed E-state index contributed by atoms with van der Waals surface area (Å²) in [5, 5.41) is 19.2. The molecule has 0 aromatic carbocycles. The molecule has 1 aromatic heterocycles. The molecule has 0 saturated carbocycles. The van der Waals surface area contributed by atoms with E-state index in [1.165, 1.54) is 0 Å². The van der Waals surface area contributed by atoms with Crippen LogP contribution >= 0.6 is 0 Å². The van der Waals surface area contributed by atoms with Crippen molar-refractivity contribution in [3.8, 4) is 0 Å². The van der Waals surface area contributed by atoms with Crippen LogP contribution in [-0.4, -0.2) is 39.1 Å². The molecule has 0 radical (unpaired) electrons. The number of rotatable bonds is 3. The highest BCUT2D eigenvalue weighted by atomic mass is 16.2. The number of nitrogens with one attached hydrogen (secondary N) is 3. The molecular formula is C8H14N6O. The van der Waals surface area contributed by atoms with Crippen LogP contribution in [0.2, 0.25) is 0 Å². The summed E-state index contributed by atoms with van der Waals surface area (Å²) >= 11 is 0. The first-order valence-electron chi connectivity index (χ1n) is 5.01. The molecule has 0 spiro atoms. The average molecular weight is 210 g/mol. The fourth-order valence-corrected chi connectivity index (χ4v) is 1.72. The lowest BCUT2D eigenvalue weighted by Crippen LogP contribution is -2.43. The maximum atomic E-state index is 11.7. The van der Waals surface area contributed by atoms with Crippen LogP contribution in [0.5, 0.6) is 0 Å². The number of aromatic amines is 1. The Kier molecular flexibility index (Phi) is 2.91. The van der Waals surface area contributed by atoms with Crippen LogP contribution in [0.4, 0.5) is 0 Å². The van der Waals surface area contributed by atoms with E-state index in [1.807, 2.05) is 0 Å². The Balaban J connectivity index is 1.82. The summed E-state index contributed by atoms with van der Waals surface area (Å²) in [5.74, 6) is 0.883. The Morgan fingerprint density at radius 1 is 1.67 bits per heavy atom. The predicted molar refractivity (Wildman–Crippen MR) is 51.6 cm³/mol. The number of tetrazole rings is 1. The minimum Gasteiger partial charge on any atom is -0.347 e. The van der Waals surface area contributed by atoms with E-state index in [-0.39, 0.29) is 11.9 Å². The number of carbonyl (C=O) groups is 1. The number of H-pyrrole nitrogens is 1. The fourth-order valence-electron chi connectivity index (χ4n) is 1.72. The third-order valence-electron chi connectivity index (χ3n) is 2.63.